The summed E-state index contributed by atoms with van der Waals surface area (Å²) in [5.74, 6) is 1.41. The van der Waals surface area contributed by atoms with Gasteiger partial charge < -0.3 is 5.32 Å². The number of rotatable bonds is 8. The van der Waals surface area contributed by atoms with E-state index in [1.54, 1.807) is 17.5 Å². The van der Waals surface area contributed by atoms with Gasteiger partial charge in [0, 0.05) is 12.3 Å². The smallest absolute Gasteiger partial charge is 0.143 e. The molecule has 0 aromatic carbocycles. The lowest BCUT2D eigenvalue weighted by Crippen LogP contribution is -2.21. The number of nitrogens with zero attached hydrogens (tertiary/aromatic N) is 3. The Morgan fingerprint density at radius 1 is 1.12 bits per heavy atom. The standard InChI is InChI=1S/C21H30N4S/c1-3-5-7-12-22-20-19-18(23-13-24-20)17-15-10-8-9-14(15)16(11-6-4-2)25-21(17)26-19/h13,17,21H,3-12H2,1-2H3,(H,22,23,24). The summed E-state index contributed by atoms with van der Waals surface area (Å²) in [5, 5.41) is 3.84. The summed E-state index contributed by atoms with van der Waals surface area (Å²) < 4.78 is 0. The van der Waals surface area contributed by atoms with Crippen molar-refractivity contribution in [3.05, 3.63) is 23.2 Å². The number of fused-ring (bicyclic) bond motifs is 4. The molecule has 0 amide bonds. The van der Waals surface area contributed by atoms with Gasteiger partial charge in [0.15, 0.2) is 0 Å². The lowest BCUT2D eigenvalue weighted by Gasteiger charge is -2.26. The van der Waals surface area contributed by atoms with E-state index in [0.717, 1.165) is 18.8 Å². The van der Waals surface area contributed by atoms with E-state index >= 15 is 0 Å². The van der Waals surface area contributed by atoms with Crippen LogP contribution >= 0.6 is 11.8 Å². The van der Waals surface area contributed by atoms with E-state index in [9.17, 15) is 0 Å². The van der Waals surface area contributed by atoms with Crippen LogP contribution < -0.4 is 5.32 Å². The number of dihydropyridines is 1. The van der Waals surface area contributed by atoms with Crippen LogP contribution in [0.15, 0.2) is 27.4 Å². The maximum absolute atomic E-state index is 5.22. The maximum atomic E-state index is 5.22. The highest BCUT2D eigenvalue weighted by Gasteiger charge is 2.43. The van der Waals surface area contributed by atoms with Gasteiger partial charge in [-0.25, -0.2) is 9.97 Å². The van der Waals surface area contributed by atoms with Gasteiger partial charge in [0.25, 0.3) is 0 Å². The molecule has 4 nitrogen and oxygen atoms in total. The van der Waals surface area contributed by atoms with E-state index in [2.05, 4.69) is 24.1 Å². The molecule has 0 saturated heterocycles. The Balaban J connectivity index is 1.60. The quantitative estimate of drug-likeness (QED) is 0.595. The van der Waals surface area contributed by atoms with Crippen molar-refractivity contribution in [3.63, 3.8) is 0 Å². The first-order chi connectivity index (χ1) is 12.8. The molecule has 2 aliphatic heterocycles. The van der Waals surface area contributed by atoms with Crippen LogP contribution in [0.2, 0.25) is 0 Å². The van der Waals surface area contributed by atoms with E-state index in [1.165, 1.54) is 67.7 Å². The van der Waals surface area contributed by atoms with Crippen molar-refractivity contribution < 1.29 is 0 Å². The summed E-state index contributed by atoms with van der Waals surface area (Å²) in [6.07, 6.45) is 12.8. The fourth-order valence-electron chi connectivity index (χ4n) is 4.43. The number of aromatic nitrogens is 2. The molecule has 0 bridgehead atoms. The van der Waals surface area contributed by atoms with Crippen LogP contribution in [0.4, 0.5) is 5.82 Å². The molecule has 26 heavy (non-hydrogen) atoms. The van der Waals surface area contributed by atoms with Crippen molar-refractivity contribution in [1.29, 1.82) is 0 Å². The van der Waals surface area contributed by atoms with Gasteiger partial charge in [0.05, 0.1) is 16.5 Å². The fraction of sp³-hybridized carbons (Fsp3) is 0.667. The minimum atomic E-state index is 0.279. The molecule has 140 valence electrons. The molecule has 2 atom stereocenters. The second kappa shape index (κ2) is 8.12. The highest BCUT2D eigenvalue weighted by molar-refractivity contribution is 8.00. The summed E-state index contributed by atoms with van der Waals surface area (Å²) in [5.41, 5.74) is 5.83. The largest absolute Gasteiger partial charge is 0.369 e. The Labute approximate surface area is 161 Å². The van der Waals surface area contributed by atoms with Gasteiger partial charge in [-0.3, -0.25) is 4.99 Å². The molecule has 2 unspecified atom stereocenters. The predicted molar refractivity (Wildman–Crippen MR) is 110 cm³/mol. The van der Waals surface area contributed by atoms with Crippen LogP contribution in [0.25, 0.3) is 0 Å². The van der Waals surface area contributed by atoms with E-state index < -0.39 is 0 Å². The SMILES string of the molecule is CCCCCNc1ncnc2c1SC1N=C(CCCC)C3=C(CCC3)C21. The van der Waals surface area contributed by atoms with Gasteiger partial charge in [0.1, 0.15) is 17.5 Å². The normalized spacial score (nSPS) is 23.5. The van der Waals surface area contributed by atoms with Gasteiger partial charge >= 0.3 is 0 Å². The highest BCUT2D eigenvalue weighted by atomic mass is 32.2. The number of hydrogen-bond acceptors (Lipinski definition) is 5. The van der Waals surface area contributed by atoms with Crippen LogP contribution in [-0.2, 0) is 0 Å². The molecular weight excluding hydrogens is 340 g/mol. The summed E-state index contributed by atoms with van der Waals surface area (Å²) in [7, 11) is 0. The van der Waals surface area contributed by atoms with Crippen molar-refractivity contribution in [3.8, 4) is 0 Å². The summed E-state index contributed by atoms with van der Waals surface area (Å²) in [6, 6.07) is 0. The minimum absolute atomic E-state index is 0.279. The molecule has 1 N–H and O–H groups in total. The molecule has 0 saturated carbocycles. The fourth-order valence-corrected chi connectivity index (χ4v) is 5.81. The Kier molecular flexibility index (Phi) is 5.63. The zero-order valence-electron chi connectivity index (χ0n) is 16.1. The van der Waals surface area contributed by atoms with E-state index in [4.69, 9.17) is 9.98 Å². The lowest BCUT2D eigenvalue weighted by molar-refractivity contribution is 0.693. The number of anilines is 1. The van der Waals surface area contributed by atoms with Crippen LogP contribution in [0.1, 0.15) is 83.2 Å². The second-order valence-corrected chi connectivity index (χ2v) is 8.72. The summed E-state index contributed by atoms with van der Waals surface area (Å²) in [4.78, 5) is 15.7. The second-order valence-electron chi connectivity index (χ2n) is 7.59. The zero-order valence-corrected chi connectivity index (χ0v) is 16.9. The van der Waals surface area contributed by atoms with Crippen molar-refractivity contribution in [2.45, 2.75) is 87.8 Å². The van der Waals surface area contributed by atoms with Crippen LogP contribution in [0.3, 0.4) is 0 Å². The molecule has 1 aliphatic carbocycles. The monoisotopic (exact) mass is 370 g/mol. The summed E-state index contributed by atoms with van der Waals surface area (Å²) in [6.45, 7) is 5.50. The minimum Gasteiger partial charge on any atom is -0.369 e. The number of unbranched alkanes of at least 4 members (excludes halogenated alkanes) is 3. The molecule has 1 aromatic rings. The third-order valence-electron chi connectivity index (χ3n) is 5.76. The third-order valence-corrected chi connectivity index (χ3v) is 7.01. The Bertz CT molecular complexity index is 725. The average Bonchev–Trinajstić information content (AvgIpc) is 3.27. The molecule has 0 spiro atoms. The Morgan fingerprint density at radius 2 is 2.00 bits per heavy atom. The molecule has 1 aromatic heterocycles. The van der Waals surface area contributed by atoms with Gasteiger partial charge in [-0.05, 0) is 44.1 Å². The van der Waals surface area contributed by atoms with Crippen molar-refractivity contribution >= 4 is 23.3 Å². The molecule has 0 fully saturated rings. The number of hydrogen-bond donors (Lipinski definition) is 1. The van der Waals surface area contributed by atoms with Crippen LogP contribution in [0, 0.1) is 0 Å². The van der Waals surface area contributed by atoms with Crippen molar-refractivity contribution in [1.82, 2.24) is 9.97 Å². The topological polar surface area (TPSA) is 50.2 Å². The van der Waals surface area contributed by atoms with E-state index in [1.807, 2.05) is 11.8 Å². The van der Waals surface area contributed by atoms with Gasteiger partial charge in [-0.15, -0.1) is 0 Å². The van der Waals surface area contributed by atoms with Crippen molar-refractivity contribution in [2.75, 3.05) is 11.9 Å². The van der Waals surface area contributed by atoms with Gasteiger partial charge in [-0.1, -0.05) is 50.4 Å². The molecule has 3 aliphatic rings. The predicted octanol–water partition coefficient (Wildman–Crippen LogP) is 5.72. The molecule has 5 heteroatoms. The highest BCUT2D eigenvalue weighted by Crippen LogP contribution is 2.55. The van der Waals surface area contributed by atoms with Crippen molar-refractivity contribution in [2.24, 2.45) is 4.99 Å². The Hall–Kier alpha value is -1.36. The van der Waals surface area contributed by atoms with Crippen LogP contribution in [-0.4, -0.2) is 27.6 Å². The molecule has 4 rings (SSSR count). The lowest BCUT2D eigenvalue weighted by atomic mass is 9.87. The number of aliphatic imine (C=N–C) groups is 1. The third kappa shape index (κ3) is 3.30. The van der Waals surface area contributed by atoms with Crippen LogP contribution in [0.5, 0.6) is 0 Å². The first-order valence-corrected chi connectivity index (χ1v) is 11.3. The first kappa shape index (κ1) is 18.0. The zero-order chi connectivity index (χ0) is 17.9. The van der Waals surface area contributed by atoms with E-state index in [0.29, 0.717) is 5.92 Å². The summed E-state index contributed by atoms with van der Waals surface area (Å²) >= 11 is 1.89. The molecule has 0 radical (unpaired) electrons. The van der Waals surface area contributed by atoms with E-state index in [-0.39, 0.29) is 5.37 Å². The maximum Gasteiger partial charge on any atom is 0.143 e. The average molecular weight is 371 g/mol. The molecule has 3 heterocycles. The number of nitrogens with one attached hydrogen (secondary N) is 1. The molecular formula is C21H30N4S. The first-order valence-electron chi connectivity index (χ1n) is 10.4. The number of allylic oxidation sites excluding steroid dienone is 1. The number of thioether (sulfide) groups is 1. The van der Waals surface area contributed by atoms with Gasteiger partial charge in [0.2, 0.25) is 0 Å². The van der Waals surface area contributed by atoms with Gasteiger partial charge in [-0.2, -0.15) is 0 Å². The Morgan fingerprint density at radius 3 is 2.85 bits per heavy atom.